The molecular weight excluding hydrogens is 281 g/mol. The first-order valence-corrected chi connectivity index (χ1v) is 8.00. The van der Waals surface area contributed by atoms with Gasteiger partial charge in [-0.1, -0.05) is 0 Å². The molecule has 3 rings (SSSR count). The summed E-state index contributed by atoms with van der Waals surface area (Å²) in [4.78, 5) is 12.3. The van der Waals surface area contributed by atoms with E-state index in [2.05, 4.69) is 10.6 Å². The topological polar surface area (TPSA) is 41.1 Å². The lowest BCUT2D eigenvalue weighted by atomic mass is 9.84. The van der Waals surface area contributed by atoms with Crippen molar-refractivity contribution in [1.82, 2.24) is 10.6 Å². The number of carbonyl (C=O) groups excluding carboxylic acids is 1. The average Bonchev–Trinajstić information content (AvgIpc) is 3.17. The minimum atomic E-state index is -4.08. The van der Waals surface area contributed by atoms with Gasteiger partial charge in [0.1, 0.15) is 0 Å². The van der Waals surface area contributed by atoms with Crippen molar-refractivity contribution >= 4 is 5.91 Å². The van der Waals surface area contributed by atoms with Crippen molar-refractivity contribution in [1.29, 1.82) is 0 Å². The first kappa shape index (κ1) is 15.1. The normalized spacial score (nSPS) is 35.5. The fourth-order valence-corrected chi connectivity index (χ4v) is 3.80. The van der Waals surface area contributed by atoms with E-state index in [1.807, 2.05) is 0 Å². The first-order valence-electron chi connectivity index (χ1n) is 8.00. The number of amides is 1. The molecule has 1 spiro atoms. The number of nitrogens with one attached hydrogen (secondary N) is 2. The summed E-state index contributed by atoms with van der Waals surface area (Å²) in [5.74, 6) is -1.09. The molecular formula is C15H23F3N2O. The van der Waals surface area contributed by atoms with Gasteiger partial charge in [-0.3, -0.25) is 4.79 Å². The summed E-state index contributed by atoms with van der Waals surface area (Å²) in [6, 6.07) is -0.0684. The predicted molar refractivity (Wildman–Crippen MR) is 72.6 cm³/mol. The van der Waals surface area contributed by atoms with Crippen LogP contribution >= 0.6 is 0 Å². The highest BCUT2D eigenvalue weighted by Crippen LogP contribution is 2.44. The van der Waals surface area contributed by atoms with E-state index in [4.69, 9.17) is 0 Å². The largest absolute Gasteiger partial charge is 0.391 e. The van der Waals surface area contributed by atoms with Gasteiger partial charge >= 0.3 is 6.18 Å². The van der Waals surface area contributed by atoms with Crippen molar-refractivity contribution in [3.63, 3.8) is 0 Å². The van der Waals surface area contributed by atoms with Crippen molar-refractivity contribution in [3.05, 3.63) is 0 Å². The van der Waals surface area contributed by atoms with Crippen LogP contribution in [0.5, 0.6) is 0 Å². The number of carbonyl (C=O) groups is 1. The molecule has 6 heteroatoms. The van der Waals surface area contributed by atoms with Crippen LogP contribution in [0.1, 0.15) is 51.4 Å². The smallest absolute Gasteiger partial charge is 0.353 e. The Morgan fingerprint density at radius 3 is 2.33 bits per heavy atom. The Labute approximate surface area is 123 Å². The number of piperidine rings is 1. The number of hydrogen-bond donors (Lipinski definition) is 2. The second-order valence-corrected chi connectivity index (χ2v) is 7.00. The zero-order valence-corrected chi connectivity index (χ0v) is 12.1. The lowest BCUT2D eigenvalue weighted by Gasteiger charge is -2.33. The molecule has 1 aliphatic heterocycles. The summed E-state index contributed by atoms with van der Waals surface area (Å²) in [6.07, 6.45) is 1.12. The van der Waals surface area contributed by atoms with Gasteiger partial charge in [0, 0.05) is 17.5 Å². The molecule has 1 unspecified atom stereocenters. The van der Waals surface area contributed by atoms with Gasteiger partial charge in [-0.25, -0.2) is 0 Å². The summed E-state index contributed by atoms with van der Waals surface area (Å²) in [7, 11) is 0. The fraction of sp³-hybridized carbons (Fsp3) is 0.933. The second-order valence-electron chi connectivity index (χ2n) is 7.00. The number of alkyl halides is 3. The Kier molecular flexibility index (Phi) is 3.93. The van der Waals surface area contributed by atoms with E-state index in [0.29, 0.717) is 12.8 Å². The molecule has 2 aliphatic carbocycles. The lowest BCUT2D eigenvalue weighted by molar-refractivity contribution is -0.182. The molecule has 1 heterocycles. The van der Waals surface area contributed by atoms with Crippen LogP contribution in [0.4, 0.5) is 13.2 Å². The van der Waals surface area contributed by atoms with Gasteiger partial charge in [0.15, 0.2) is 0 Å². The molecule has 0 radical (unpaired) electrons. The van der Waals surface area contributed by atoms with Crippen molar-refractivity contribution in [2.45, 2.75) is 69.1 Å². The highest BCUT2D eigenvalue weighted by Gasteiger charge is 2.47. The number of hydrogen-bond acceptors (Lipinski definition) is 2. The Morgan fingerprint density at radius 1 is 1.10 bits per heavy atom. The summed E-state index contributed by atoms with van der Waals surface area (Å²) < 4.78 is 37.9. The Balaban J connectivity index is 1.46. The molecule has 3 aliphatic rings. The zero-order chi connectivity index (χ0) is 15.1. The highest BCUT2D eigenvalue weighted by atomic mass is 19.4. The van der Waals surface area contributed by atoms with E-state index >= 15 is 0 Å². The maximum atomic E-state index is 12.6. The molecule has 1 saturated heterocycles. The summed E-state index contributed by atoms with van der Waals surface area (Å²) >= 11 is 0. The number of rotatable bonds is 2. The minimum Gasteiger partial charge on any atom is -0.353 e. The molecule has 1 amide bonds. The van der Waals surface area contributed by atoms with E-state index in [1.54, 1.807) is 0 Å². The van der Waals surface area contributed by atoms with Crippen LogP contribution in [0.25, 0.3) is 0 Å². The third-order valence-corrected chi connectivity index (χ3v) is 5.39. The Morgan fingerprint density at radius 2 is 1.76 bits per heavy atom. The lowest BCUT2D eigenvalue weighted by Crippen LogP contribution is -2.48. The van der Waals surface area contributed by atoms with Crippen LogP contribution in [0.3, 0.4) is 0 Å². The third-order valence-electron chi connectivity index (χ3n) is 5.39. The van der Waals surface area contributed by atoms with Crippen molar-refractivity contribution in [2.24, 2.45) is 11.8 Å². The molecule has 0 aromatic rings. The molecule has 0 aromatic heterocycles. The van der Waals surface area contributed by atoms with Crippen LogP contribution in [0.2, 0.25) is 0 Å². The van der Waals surface area contributed by atoms with Crippen LogP contribution in [0.15, 0.2) is 0 Å². The van der Waals surface area contributed by atoms with E-state index < -0.39 is 12.1 Å². The average molecular weight is 304 g/mol. The molecule has 2 saturated carbocycles. The van der Waals surface area contributed by atoms with E-state index in [0.717, 1.165) is 32.2 Å². The van der Waals surface area contributed by atoms with Gasteiger partial charge in [0.05, 0.1) is 5.92 Å². The minimum absolute atomic E-state index is 0.0362. The molecule has 0 bridgehead atoms. The standard InChI is InChI=1S/C15H23F3N2O/c16-15(17,18)11-1-3-12(4-2-11)20-13(21)10-5-8-19-14(9-10)6-7-14/h10-12,19H,1-9H2,(H,20,21). The summed E-state index contributed by atoms with van der Waals surface area (Å²) in [5.41, 5.74) is 0.203. The number of halogens is 3. The second kappa shape index (κ2) is 5.45. The quantitative estimate of drug-likeness (QED) is 0.823. The Hall–Kier alpha value is -0.780. The maximum Gasteiger partial charge on any atom is 0.391 e. The van der Waals surface area contributed by atoms with Gasteiger partial charge in [-0.2, -0.15) is 13.2 Å². The van der Waals surface area contributed by atoms with Crippen molar-refractivity contribution < 1.29 is 18.0 Å². The van der Waals surface area contributed by atoms with Crippen molar-refractivity contribution in [2.75, 3.05) is 6.54 Å². The molecule has 21 heavy (non-hydrogen) atoms. The van der Waals surface area contributed by atoms with Crippen molar-refractivity contribution in [3.8, 4) is 0 Å². The van der Waals surface area contributed by atoms with Crippen LogP contribution in [-0.4, -0.2) is 30.2 Å². The molecule has 0 aromatic carbocycles. The molecule has 3 nitrogen and oxygen atoms in total. The van der Waals surface area contributed by atoms with E-state index in [1.165, 1.54) is 0 Å². The van der Waals surface area contributed by atoms with Crippen LogP contribution < -0.4 is 10.6 Å². The summed E-state index contributed by atoms with van der Waals surface area (Å²) in [6.45, 7) is 0.874. The highest BCUT2D eigenvalue weighted by molar-refractivity contribution is 5.79. The maximum absolute atomic E-state index is 12.6. The van der Waals surface area contributed by atoms with Crippen LogP contribution in [-0.2, 0) is 4.79 Å². The van der Waals surface area contributed by atoms with Crippen LogP contribution in [0, 0.1) is 11.8 Å². The molecule has 3 fully saturated rings. The first-order chi connectivity index (χ1) is 9.88. The molecule has 2 N–H and O–H groups in total. The fourth-order valence-electron chi connectivity index (χ4n) is 3.80. The Bertz CT molecular complexity index is 398. The van der Waals surface area contributed by atoms with Gasteiger partial charge in [0.2, 0.25) is 5.91 Å². The third kappa shape index (κ3) is 3.52. The van der Waals surface area contributed by atoms with E-state index in [-0.39, 0.29) is 36.2 Å². The monoisotopic (exact) mass is 304 g/mol. The molecule has 120 valence electrons. The summed E-state index contributed by atoms with van der Waals surface area (Å²) in [5, 5.41) is 6.47. The zero-order valence-electron chi connectivity index (χ0n) is 12.1. The predicted octanol–water partition coefficient (Wildman–Crippen LogP) is 2.76. The molecule has 1 atom stereocenters. The van der Waals surface area contributed by atoms with Gasteiger partial charge < -0.3 is 10.6 Å². The SMILES string of the molecule is O=C(NC1CCC(C(F)(F)F)CC1)C1CCNC2(CC2)C1. The van der Waals surface area contributed by atoms with E-state index in [9.17, 15) is 18.0 Å². The van der Waals surface area contributed by atoms with Gasteiger partial charge in [-0.15, -0.1) is 0 Å². The van der Waals surface area contributed by atoms with Gasteiger partial charge in [-0.05, 0) is 57.9 Å². The van der Waals surface area contributed by atoms with Gasteiger partial charge in [0.25, 0.3) is 0 Å².